The third-order valence-corrected chi connectivity index (χ3v) is 3.89. The van der Waals surface area contributed by atoms with E-state index in [1.165, 1.54) is 45.3 Å². The molecule has 88 valence electrons. The van der Waals surface area contributed by atoms with Gasteiger partial charge in [-0.15, -0.1) is 0 Å². The molecular formula is C12H25N3. The van der Waals surface area contributed by atoms with Crippen molar-refractivity contribution >= 4 is 0 Å². The smallest absolute Gasteiger partial charge is 0.0235 e. The van der Waals surface area contributed by atoms with Crippen LogP contribution in [0.1, 0.15) is 25.7 Å². The van der Waals surface area contributed by atoms with E-state index in [0.717, 1.165) is 5.92 Å². The second-order valence-electron chi connectivity index (χ2n) is 5.57. The summed E-state index contributed by atoms with van der Waals surface area (Å²) >= 11 is 0. The van der Waals surface area contributed by atoms with Crippen LogP contribution in [-0.2, 0) is 0 Å². The number of hydrogen-bond acceptors (Lipinski definition) is 3. The van der Waals surface area contributed by atoms with Crippen LogP contribution in [0, 0.1) is 5.92 Å². The first kappa shape index (κ1) is 11.4. The highest BCUT2D eigenvalue weighted by Crippen LogP contribution is 2.34. The highest BCUT2D eigenvalue weighted by Gasteiger charge is 2.28. The van der Waals surface area contributed by atoms with Crippen LogP contribution >= 0.6 is 0 Å². The molecule has 0 aromatic carbocycles. The molecule has 1 heterocycles. The molecule has 3 heteroatoms. The molecule has 1 saturated heterocycles. The normalized spacial score (nSPS) is 31.8. The molecule has 1 saturated carbocycles. The molecule has 2 fully saturated rings. The van der Waals surface area contributed by atoms with Crippen LogP contribution in [0.5, 0.6) is 0 Å². The van der Waals surface area contributed by atoms with Crippen molar-refractivity contribution in [3.05, 3.63) is 0 Å². The van der Waals surface area contributed by atoms with Gasteiger partial charge in [0, 0.05) is 31.7 Å². The van der Waals surface area contributed by atoms with Gasteiger partial charge in [-0.05, 0) is 32.9 Å². The molecule has 2 N–H and O–H groups in total. The number of likely N-dealkylation sites (N-methyl/N-ethyl adjacent to an activating group) is 2. The maximum atomic E-state index is 6.21. The van der Waals surface area contributed by atoms with E-state index in [1.54, 1.807) is 0 Å². The summed E-state index contributed by atoms with van der Waals surface area (Å²) in [5, 5.41) is 0. The van der Waals surface area contributed by atoms with Gasteiger partial charge in [0.15, 0.2) is 0 Å². The molecule has 0 aromatic heterocycles. The number of piperazine rings is 1. The van der Waals surface area contributed by atoms with Gasteiger partial charge in [0.1, 0.15) is 0 Å². The molecule has 2 rings (SSSR count). The predicted molar refractivity (Wildman–Crippen MR) is 63.8 cm³/mol. The molecule has 3 nitrogen and oxygen atoms in total. The van der Waals surface area contributed by atoms with Gasteiger partial charge in [0.05, 0.1) is 0 Å². The van der Waals surface area contributed by atoms with Crippen LogP contribution in [0.3, 0.4) is 0 Å². The number of nitrogens with zero attached hydrogens (tertiary/aromatic N) is 2. The van der Waals surface area contributed by atoms with E-state index in [9.17, 15) is 0 Å². The fourth-order valence-electron chi connectivity index (χ4n) is 2.58. The molecule has 1 aliphatic heterocycles. The lowest BCUT2D eigenvalue weighted by Crippen LogP contribution is -2.51. The van der Waals surface area contributed by atoms with Gasteiger partial charge in [-0.1, -0.05) is 12.8 Å². The van der Waals surface area contributed by atoms with E-state index in [-0.39, 0.29) is 0 Å². The van der Waals surface area contributed by atoms with Crippen molar-refractivity contribution in [2.75, 3.05) is 33.7 Å². The minimum atomic E-state index is 0.427. The molecule has 2 unspecified atom stereocenters. The Morgan fingerprint density at radius 2 is 1.93 bits per heavy atom. The first-order chi connectivity index (χ1) is 7.15. The van der Waals surface area contributed by atoms with Crippen LogP contribution in [-0.4, -0.2) is 55.6 Å². The van der Waals surface area contributed by atoms with Gasteiger partial charge in [0.2, 0.25) is 0 Å². The lowest BCUT2D eigenvalue weighted by Gasteiger charge is -2.38. The van der Waals surface area contributed by atoms with Gasteiger partial charge >= 0.3 is 0 Å². The summed E-state index contributed by atoms with van der Waals surface area (Å²) < 4.78 is 0. The van der Waals surface area contributed by atoms with Crippen LogP contribution in [0.15, 0.2) is 0 Å². The van der Waals surface area contributed by atoms with Crippen molar-refractivity contribution in [2.24, 2.45) is 11.7 Å². The van der Waals surface area contributed by atoms with Gasteiger partial charge in [-0.3, -0.25) is 0 Å². The second-order valence-corrected chi connectivity index (χ2v) is 5.57. The van der Waals surface area contributed by atoms with E-state index in [0.29, 0.717) is 12.1 Å². The Morgan fingerprint density at radius 3 is 2.60 bits per heavy atom. The molecule has 1 aliphatic carbocycles. The summed E-state index contributed by atoms with van der Waals surface area (Å²) in [7, 11) is 4.45. The molecule has 2 atom stereocenters. The third kappa shape index (κ3) is 3.44. The maximum Gasteiger partial charge on any atom is 0.0235 e. The minimum Gasteiger partial charge on any atom is -0.328 e. The largest absolute Gasteiger partial charge is 0.328 e. The van der Waals surface area contributed by atoms with Crippen LogP contribution in [0.25, 0.3) is 0 Å². The van der Waals surface area contributed by atoms with E-state index < -0.39 is 0 Å². The van der Waals surface area contributed by atoms with Crippen molar-refractivity contribution < 1.29 is 0 Å². The van der Waals surface area contributed by atoms with Crippen molar-refractivity contribution in [1.82, 2.24) is 9.80 Å². The van der Waals surface area contributed by atoms with E-state index in [1.807, 2.05) is 0 Å². The Labute approximate surface area is 93.6 Å². The van der Waals surface area contributed by atoms with Gasteiger partial charge in [-0.25, -0.2) is 0 Å². The van der Waals surface area contributed by atoms with Crippen molar-refractivity contribution in [2.45, 2.75) is 37.8 Å². The third-order valence-electron chi connectivity index (χ3n) is 3.89. The monoisotopic (exact) mass is 211 g/mol. The quantitative estimate of drug-likeness (QED) is 0.745. The fraction of sp³-hybridized carbons (Fsp3) is 1.00. The molecular weight excluding hydrogens is 186 g/mol. The molecule has 15 heavy (non-hydrogen) atoms. The molecule has 0 bridgehead atoms. The number of rotatable bonds is 4. The van der Waals surface area contributed by atoms with Crippen LogP contribution < -0.4 is 5.73 Å². The average molecular weight is 211 g/mol. The Balaban J connectivity index is 1.75. The first-order valence-electron chi connectivity index (χ1n) is 6.29. The summed E-state index contributed by atoms with van der Waals surface area (Å²) in [5.41, 5.74) is 6.21. The molecule has 2 aliphatic rings. The summed E-state index contributed by atoms with van der Waals surface area (Å²) in [6.45, 7) is 3.58. The van der Waals surface area contributed by atoms with E-state index in [2.05, 4.69) is 23.9 Å². The topological polar surface area (TPSA) is 32.5 Å². The zero-order chi connectivity index (χ0) is 10.8. The highest BCUT2D eigenvalue weighted by atomic mass is 15.3. The van der Waals surface area contributed by atoms with Gasteiger partial charge in [-0.2, -0.15) is 0 Å². The van der Waals surface area contributed by atoms with Crippen LogP contribution in [0.4, 0.5) is 0 Å². The van der Waals surface area contributed by atoms with Crippen molar-refractivity contribution in [3.63, 3.8) is 0 Å². The Morgan fingerprint density at radius 1 is 1.20 bits per heavy atom. The van der Waals surface area contributed by atoms with E-state index >= 15 is 0 Å². The zero-order valence-electron chi connectivity index (χ0n) is 10.2. The average Bonchev–Trinajstić information content (AvgIpc) is 2.95. The zero-order valence-corrected chi connectivity index (χ0v) is 10.2. The Hall–Kier alpha value is -0.120. The maximum absolute atomic E-state index is 6.21. The standard InChI is InChI=1S/C12H25N3/c1-14-5-6-15(2)12(9-14)8-11(13)7-10-3-4-10/h10-12H,3-9,13H2,1-2H3. The summed E-state index contributed by atoms with van der Waals surface area (Å²) in [6.07, 6.45) is 5.29. The SMILES string of the molecule is CN1CCN(C)C(CC(N)CC2CC2)C1. The second kappa shape index (κ2) is 4.81. The number of hydrogen-bond donors (Lipinski definition) is 1. The Bertz CT molecular complexity index is 203. The van der Waals surface area contributed by atoms with Gasteiger partial charge < -0.3 is 15.5 Å². The van der Waals surface area contributed by atoms with Crippen molar-refractivity contribution in [1.29, 1.82) is 0 Å². The van der Waals surface area contributed by atoms with Crippen LogP contribution in [0.2, 0.25) is 0 Å². The van der Waals surface area contributed by atoms with E-state index in [4.69, 9.17) is 5.73 Å². The Kier molecular flexibility index (Phi) is 3.65. The summed E-state index contributed by atoms with van der Waals surface area (Å²) in [6, 6.07) is 1.11. The fourth-order valence-corrected chi connectivity index (χ4v) is 2.58. The molecule has 0 aromatic rings. The van der Waals surface area contributed by atoms with Gasteiger partial charge in [0.25, 0.3) is 0 Å². The molecule has 0 amide bonds. The summed E-state index contributed by atoms with van der Waals surface area (Å²) in [4.78, 5) is 4.90. The van der Waals surface area contributed by atoms with Crippen molar-refractivity contribution in [3.8, 4) is 0 Å². The minimum absolute atomic E-state index is 0.427. The highest BCUT2D eigenvalue weighted by molar-refractivity contribution is 4.85. The molecule has 0 spiro atoms. The molecule has 0 radical (unpaired) electrons. The lowest BCUT2D eigenvalue weighted by atomic mass is 10.00. The lowest BCUT2D eigenvalue weighted by molar-refractivity contribution is 0.103. The number of nitrogens with two attached hydrogens (primary N) is 1. The predicted octanol–water partition coefficient (Wildman–Crippen LogP) is 0.750. The first-order valence-corrected chi connectivity index (χ1v) is 6.29. The summed E-state index contributed by atoms with van der Waals surface area (Å²) in [5.74, 6) is 0.964.